The van der Waals surface area contributed by atoms with Gasteiger partial charge in [-0.1, -0.05) is 27.7 Å². The van der Waals surface area contributed by atoms with Crippen LogP contribution in [0.4, 0.5) is 0 Å². The number of rotatable bonds is 16. The Balaban J connectivity index is 3.34. The quantitative estimate of drug-likeness (QED) is 0.382. The third-order valence-corrected chi connectivity index (χ3v) is 3.38. The molecule has 2 N–H and O–H groups in total. The summed E-state index contributed by atoms with van der Waals surface area (Å²) in [5.74, 6) is -0.0939. The lowest BCUT2D eigenvalue weighted by molar-refractivity contribution is -0.126. The van der Waals surface area contributed by atoms with E-state index in [1.807, 2.05) is 27.7 Å². The first-order chi connectivity index (χ1) is 12.3. The maximum absolute atomic E-state index is 11.5. The Morgan fingerprint density at radius 1 is 0.731 bits per heavy atom. The Morgan fingerprint density at radius 2 is 1.31 bits per heavy atom. The highest BCUT2D eigenvalue weighted by Crippen LogP contribution is 1.98. The summed E-state index contributed by atoms with van der Waals surface area (Å²) in [6.45, 7) is 10.00. The number of carbonyl (C=O) groups is 3. The van der Waals surface area contributed by atoms with Crippen LogP contribution in [0, 0.1) is 11.8 Å². The molecule has 0 fully saturated rings. The molecule has 0 unspecified atom stereocenters. The first-order valence-corrected chi connectivity index (χ1v) is 9.15. The average molecular weight is 374 g/mol. The van der Waals surface area contributed by atoms with Gasteiger partial charge in [0.1, 0.15) is 12.4 Å². The van der Waals surface area contributed by atoms with Crippen LogP contribution in [0.3, 0.4) is 0 Å². The highest BCUT2D eigenvalue weighted by molar-refractivity contribution is 5.80. The van der Waals surface area contributed by atoms with E-state index in [0.29, 0.717) is 52.5 Å². The second kappa shape index (κ2) is 15.7. The minimum atomic E-state index is -0.229. The van der Waals surface area contributed by atoms with E-state index in [4.69, 9.17) is 14.2 Å². The van der Waals surface area contributed by atoms with E-state index in [1.54, 1.807) is 0 Å². The number of amides is 2. The zero-order valence-electron chi connectivity index (χ0n) is 16.5. The van der Waals surface area contributed by atoms with Gasteiger partial charge < -0.3 is 24.8 Å². The molecule has 0 rings (SSSR count). The molecular weight excluding hydrogens is 340 g/mol. The fraction of sp³-hybridized carbons (Fsp3) is 0.833. The van der Waals surface area contributed by atoms with Crippen LogP contribution in [-0.2, 0) is 28.6 Å². The molecule has 0 saturated carbocycles. The standard InChI is InChI=1S/C18H34N2O6/c1-14(2)16(21)5-8-24-11-12-25-9-6-19-17(22)13-26-10-7-20-18(23)15(3)4/h14-15H,5-13H2,1-4H3,(H,19,22)(H,20,23). The van der Waals surface area contributed by atoms with Crippen LogP contribution < -0.4 is 10.6 Å². The number of Topliss-reactive ketones (excluding diaryl/α,β-unsaturated/α-hetero) is 1. The minimum Gasteiger partial charge on any atom is -0.379 e. The summed E-state index contributed by atoms with van der Waals surface area (Å²) >= 11 is 0. The lowest BCUT2D eigenvalue weighted by atomic mass is 10.1. The minimum absolute atomic E-state index is 0.0364. The Labute approximate surface area is 156 Å². The van der Waals surface area contributed by atoms with E-state index in [9.17, 15) is 14.4 Å². The largest absolute Gasteiger partial charge is 0.379 e. The predicted octanol–water partition coefficient (Wildman–Crippen LogP) is 0.540. The summed E-state index contributed by atoms with van der Waals surface area (Å²) in [4.78, 5) is 34.2. The molecule has 8 nitrogen and oxygen atoms in total. The van der Waals surface area contributed by atoms with Crippen molar-refractivity contribution in [1.29, 1.82) is 0 Å². The van der Waals surface area contributed by atoms with Crippen molar-refractivity contribution < 1.29 is 28.6 Å². The zero-order chi connectivity index (χ0) is 19.8. The second-order valence-electron chi connectivity index (χ2n) is 6.44. The molecule has 0 atom stereocenters. The number of hydrogen-bond acceptors (Lipinski definition) is 6. The maximum Gasteiger partial charge on any atom is 0.246 e. The molecule has 0 aliphatic carbocycles. The van der Waals surface area contributed by atoms with Crippen molar-refractivity contribution in [3.05, 3.63) is 0 Å². The molecule has 0 aliphatic heterocycles. The first-order valence-electron chi connectivity index (χ1n) is 9.15. The molecule has 0 aromatic heterocycles. The SMILES string of the molecule is CC(C)C(=O)CCOCCOCCNC(=O)COCCNC(=O)C(C)C. The van der Waals surface area contributed by atoms with Gasteiger partial charge in [0.2, 0.25) is 11.8 Å². The van der Waals surface area contributed by atoms with Crippen LogP contribution in [-0.4, -0.2) is 70.3 Å². The highest BCUT2D eigenvalue weighted by Gasteiger charge is 2.07. The Kier molecular flexibility index (Phi) is 14.8. The third-order valence-electron chi connectivity index (χ3n) is 3.38. The molecular formula is C18H34N2O6. The van der Waals surface area contributed by atoms with Gasteiger partial charge in [0, 0.05) is 31.3 Å². The number of ether oxygens (including phenoxy) is 3. The van der Waals surface area contributed by atoms with Gasteiger partial charge >= 0.3 is 0 Å². The van der Waals surface area contributed by atoms with E-state index in [0.717, 1.165) is 0 Å². The van der Waals surface area contributed by atoms with Gasteiger partial charge in [-0.3, -0.25) is 14.4 Å². The summed E-state index contributed by atoms with van der Waals surface area (Å²) < 4.78 is 15.8. The smallest absolute Gasteiger partial charge is 0.246 e. The number of hydrogen-bond donors (Lipinski definition) is 2. The zero-order valence-corrected chi connectivity index (χ0v) is 16.5. The van der Waals surface area contributed by atoms with Crippen molar-refractivity contribution in [2.24, 2.45) is 11.8 Å². The summed E-state index contributed by atoms with van der Waals surface area (Å²) in [5.41, 5.74) is 0. The summed E-state index contributed by atoms with van der Waals surface area (Å²) in [5, 5.41) is 5.37. The Bertz CT molecular complexity index is 412. The van der Waals surface area contributed by atoms with E-state index < -0.39 is 0 Å². The molecule has 0 aliphatic rings. The molecule has 26 heavy (non-hydrogen) atoms. The van der Waals surface area contributed by atoms with Crippen molar-refractivity contribution in [3.8, 4) is 0 Å². The van der Waals surface area contributed by atoms with Crippen molar-refractivity contribution in [2.45, 2.75) is 34.1 Å². The van der Waals surface area contributed by atoms with Gasteiger partial charge in [-0.25, -0.2) is 0 Å². The molecule has 0 bridgehead atoms. The van der Waals surface area contributed by atoms with Crippen molar-refractivity contribution in [1.82, 2.24) is 10.6 Å². The molecule has 0 aromatic carbocycles. The third kappa shape index (κ3) is 14.8. The average Bonchev–Trinajstić information content (AvgIpc) is 2.59. The number of nitrogens with one attached hydrogen (secondary N) is 2. The first kappa shape index (κ1) is 24.5. The van der Waals surface area contributed by atoms with Gasteiger partial charge in [-0.15, -0.1) is 0 Å². The molecule has 0 aromatic rings. The van der Waals surface area contributed by atoms with Crippen molar-refractivity contribution in [3.63, 3.8) is 0 Å². The number of carbonyl (C=O) groups excluding carboxylic acids is 3. The fourth-order valence-electron chi connectivity index (χ4n) is 1.71. The molecule has 0 spiro atoms. The van der Waals surface area contributed by atoms with E-state index in [2.05, 4.69) is 10.6 Å². The van der Waals surface area contributed by atoms with Gasteiger partial charge in [0.05, 0.1) is 33.0 Å². The highest BCUT2D eigenvalue weighted by atomic mass is 16.5. The van der Waals surface area contributed by atoms with Crippen LogP contribution in [0.2, 0.25) is 0 Å². The fourth-order valence-corrected chi connectivity index (χ4v) is 1.71. The molecule has 0 radical (unpaired) electrons. The lowest BCUT2D eigenvalue weighted by Crippen LogP contribution is -2.33. The summed E-state index contributed by atoms with van der Waals surface area (Å²) in [7, 11) is 0. The summed E-state index contributed by atoms with van der Waals surface area (Å²) in [6, 6.07) is 0. The van der Waals surface area contributed by atoms with Crippen molar-refractivity contribution >= 4 is 17.6 Å². The van der Waals surface area contributed by atoms with Crippen LogP contribution in [0.15, 0.2) is 0 Å². The van der Waals surface area contributed by atoms with E-state index >= 15 is 0 Å². The van der Waals surface area contributed by atoms with Gasteiger partial charge in [-0.2, -0.15) is 0 Å². The van der Waals surface area contributed by atoms with Crippen LogP contribution in [0.25, 0.3) is 0 Å². The Hall–Kier alpha value is -1.51. The molecule has 8 heteroatoms. The van der Waals surface area contributed by atoms with Crippen molar-refractivity contribution in [2.75, 3.05) is 52.7 Å². The number of ketones is 1. The monoisotopic (exact) mass is 374 g/mol. The Morgan fingerprint density at radius 3 is 1.92 bits per heavy atom. The molecule has 152 valence electrons. The molecule has 0 heterocycles. The van der Waals surface area contributed by atoms with Gasteiger partial charge in [0.25, 0.3) is 0 Å². The normalized spacial score (nSPS) is 11.0. The van der Waals surface area contributed by atoms with E-state index in [-0.39, 0.29) is 36.0 Å². The summed E-state index contributed by atoms with van der Waals surface area (Å²) in [6.07, 6.45) is 0.425. The lowest BCUT2D eigenvalue weighted by Gasteiger charge is -2.09. The second-order valence-corrected chi connectivity index (χ2v) is 6.44. The van der Waals surface area contributed by atoms with Gasteiger partial charge in [0.15, 0.2) is 0 Å². The van der Waals surface area contributed by atoms with Crippen LogP contribution in [0.5, 0.6) is 0 Å². The van der Waals surface area contributed by atoms with Gasteiger partial charge in [-0.05, 0) is 0 Å². The molecule has 2 amide bonds. The predicted molar refractivity (Wildman–Crippen MR) is 97.8 cm³/mol. The van der Waals surface area contributed by atoms with Crippen LogP contribution >= 0.6 is 0 Å². The maximum atomic E-state index is 11.5. The van der Waals surface area contributed by atoms with E-state index in [1.165, 1.54) is 0 Å². The molecule has 0 saturated heterocycles. The van der Waals surface area contributed by atoms with Crippen LogP contribution in [0.1, 0.15) is 34.1 Å². The topological polar surface area (TPSA) is 103 Å².